The molecule has 0 fully saturated rings. The maximum atomic E-state index is 13.5. The number of aromatic nitrogens is 1. The Labute approximate surface area is 205 Å². The lowest BCUT2D eigenvalue weighted by molar-refractivity contribution is -0.118. The minimum absolute atomic E-state index is 0.0319. The lowest BCUT2D eigenvalue weighted by Gasteiger charge is -2.20. The molecular weight excluding hydrogens is 492 g/mol. The van der Waals surface area contributed by atoms with E-state index in [2.05, 4.69) is 40.2 Å². The summed E-state index contributed by atoms with van der Waals surface area (Å²) in [5.41, 5.74) is 5.27. The molecule has 0 bridgehead atoms. The molecule has 0 saturated carbocycles. The molecule has 0 spiro atoms. The fraction of sp³-hybridized carbons (Fsp3) is 0.0714. The van der Waals surface area contributed by atoms with Crippen LogP contribution in [0.2, 0.25) is 0 Å². The summed E-state index contributed by atoms with van der Waals surface area (Å²) in [6, 6.07) is 34.5. The van der Waals surface area contributed by atoms with E-state index in [1.165, 1.54) is 5.56 Å². The van der Waals surface area contributed by atoms with E-state index < -0.39 is 0 Å². The van der Waals surface area contributed by atoms with Gasteiger partial charge in [0.1, 0.15) is 0 Å². The summed E-state index contributed by atoms with van der Waals surface area (Å²) in [4.78, 5) is 20.1. The zero-order valence-corrected chi connectivity index (χ0v) is 20.2. The first-order valence-corrected chi connectivity index (χ1v) is 12.3. The van der Waals surface area contributed by atoms with Crippen molar-refractivity contribution in [1.29, 1.82) is 0 Å². The Kier molecular flexibility index (Phi) is 6.33. The van der Waals surface area contributed by atoms with E-state index in [1.54, 1.807) is 16.2 Å². The van der Waals surface area contributed by atoms with Crippen molar-refractivity contribution in [2.24, 2.45) is 0 Å². The van der Waals surface area contributed by atoms with Crippen molar-refractivity contribution >= 4 is 48.5 Å². The Hall–Kier alpha value is -3.28. The molecule has 0 unspecified atom stereocenters. The largest absolute Gasteiger partial charge is 0.283 e. The second-order valence-corrected chi connectivity index (χ2v) is 9.74. The number of halogens is 1. The third kappa shape index (κ3) is 5.05. The first kappa shape index (κ1) is 21.6. The molecule has 1 amide bonds. The van der Waals surface area contributed by atoms with Crippen LogP contribution in [0.4, 0.5) is 5.13 Å². The molecule has 0 N–H and O–H groups in total. The van der Waals surface area contributed by atoms with Crippen LogP contribution >= 0.6 is 27.3 Å². The summed E-state index contributed by atoms with van der Waals surface area (Å²) in [5.74, 6) is 0.0319. The van der Waals surface area contributed by atoms with Gasteiger partial charge in [0.25, 0.3) is 0 Å². The molecule has 5 aromatic rings. The van der Waals surface area contributed by atoms with Gasteiger partial charge in [-0.3, -0.25) is 9.69 Å². The quantitative estimate of drug-likeness (QED) is 0.236. The normalized spacial score (nSPS) is 10.9. The molecule has 0 aliphatic heterocycles. The van der Waals surface area contributed by atoms with Crippen LogP contribution in [0.15, 0.2) is 108 Å². The van der Waals surface area contributed by atoms with Gasteiger partial charge in [-0.25, -0.2) is 4.98 Å². The van der Waals surface area contributed by atoms with Gasteiger partial charge in [-0.15, -0.1) is 0 Å². The van der Waals surface area contributed by atoms with Crippen LogP contribution in [0.3, 0.4) is 0 Å². The number of hydrogen-bond acceptors (Lipinski definition) is 3. The molecule has 1 heterocycles. The van der Waals surface area contributed by atoms with Gasteiger partial charge in [0.15, 0.2) is 5.13 Å². The van der Waals surface area contributed by atoms with E-state index in [0.717, 1.165) is 36.5 Å². The van der Waals surface area contributed by atoms with Crippen LogP contribution in [-0.2, 0) is 17.8 Å². The zero-order valence-electron chi connectivity index (χ0n) is 17.8. The molecule has 0 atom stereocenters. The fourth-order valence-corrected chi connectivity index (χ4v) is 5.28. The van der Waals surface area contributed by atoms with E-state index in [4.69, 9.17) is 4.98 Å². The van der Waals surface area contributed by atoms with Gasteiger partial charge in [-0.2, -0.15) is 0 Å². The zero-order chi connectivity index (χ0) is 22.6. The second kappa shape index (κ2) is 9.69. The maximum Gasteiger partial charge on any atom is 0.233 e. The molecule has 0 radical (unpaired) electrons. The number of thiazole rings is 1. The van der Waals surface area contributed by atoms with Gasteiger partial charge in [-0.05, 0) is 40.5 Å². The van der Waals surface area contributed by atoms with Crippen molar-refractivity contribution < 1.29 is 4.79 Å². The summed E-state index contributed by atoms with van der Waals surface area (Å²) in [7, 11) is 0. The monoisotopic (exact) mass is 512 g/mol. The second-order valence-electron chi connectivity index (χ2n) is 7.81. The van der Waals surface area contributed by atoms with E-state index in [0.29, 0.717) is 13.0 Å². The summed E-state index contributed by atoms with van der Waals surface area (Å²) < 4.78 is 2.06. The van der Waals surface area contributed by atoms with Crippen molar-refractivity contribution in [3.63, 3.8) is 0 Å². The van der Waals surface area contributed by atoms with E-state index >= 15 is 0 Å². The summed E-state index contributed by atoms with van der Waals surface area (Å²) in [6.07, 6.45) is 0.321. The smallest absolute Gasteiger partial charge is 0.233 e. The minimum Gasteiger partial charge on any atom is -0.283 e. The minimum atomic E-state index is 0.0319. The van der Waals surface area contributed by atoms with Crippen molar-refractivity contribution in [1.82, 2.24) is 4.98 Å². The van der Waals surface area contributed by atoms with E-state index in [-0.39, 0.29) is 5.91 Å². The highest BCUT2D eigenvalue weighted by molar-refractivity contribution is 9.10. The SMILES string of the molecule is O=C(Cc1ccc(-c2ccccc2)cc1)N(Cc1ccccc1)c1nc2ccc(Br)cc2s1. The van der Waals surface area contributed by atoms with Crippen molar-refractivity contribution in [2.75, 3.05) is 4.90 Å². The Balaban J connectivity index is 1.42. The Morgan fingerprint density at radius 3 is 2.18 bits per heavy atom. The highest BCUT2D eigenvalue weighted by atomic mass is 79.9. The number of carbonyl (C=O) groups excluding carboxylic acids is 1. The third-order valence-corrected chi connectivity index (χ3v) is 7.01. The maximum absolute atomic E-state index is 13.5. The van der Waals surface area contributed by atoms with E-state index in [9.17, 15) is 4.79 Å². The lowest BCUT2D eigenvalue weighted by atomic mass is 10.0. The molecular formula is C28H21BrN2OS. The standard InChI is InChI=1S/C28H21BrN2OS/c29-24-15-16-25-26(18-24)33-28(30-25)31(19-21-7-3-1-4-8-21)27(32)17-20-11-13-23(14-12-20)22-9-5-2-6-10-22/h1-16,18H,17,19H2. The van der Waals surface area contributed by atoms with Crippen molar-refractivity contribution in [2.45, 2.75) is 13.0 Å². The number of rotatable bonds is 6. The number of carbonyl (C=O) groups is 1. The van der Waals surface area contributed by atoms with Gasteiger partial charge in [0, 0.05) is 4.47 Å². The van der Waals surface area contributed by atoms with Crippen LogP contribution in [0.25, 0.3) is 21.3 Å². The van der Waals surface area contributed by atoms with Gasteiger partial charge in [0.2, 0.25) is 5.91 Å². The molecule has 5 heteroatoms. The first-order valence-electron chi connectivity index (χ1n) is 10.7. The summed E-state index contributed by atoms with van der Waals surface area (Å²) in [5, 5.41) is 0.720. The average molecular weight is 513 g/mol. The van der Waals surface area contributed by atoms with Crippen LogP contribution in [-0.4, -0.2) is 10.9 Å². The van der Waals surface area contributed by atoms with Gasteiger partial charge in [0.05, 0.1) is 23.2 Å². The lowest BCUT2D eigenvalue weighted by Crippen LogP contribution is -2.31. The van der Waals surface area contributed by atoms with Crippen molar-refractivity contribution in [3.8, 4) is 11.1 Å². The molecule has 1 aromatic heterocycles. The third-order valence-electron chi connectivity index (χ3n) is 5.47. The van der Waals surface area contributed by atoms with Crippen LogP contribution < -0.4 is 4.90 Å². The Morgan fingerprint density at radius 1 is 0.788 bits per heavy atom. The predicted octanol–water partition coefficient (Wildman–Crippen LogP) is 7.50. The number of hydrogen-bond donors (Lipinski definition) is 0. The number of amides is 1. The molecule has 4 aromatic carbocycles. The predicted molar refractivity (Wildman–Crippen MR) is 141 cm³/mol. The average Bonchev–Trinajstić information content (AvgIpc) is 3.27. The number of fused-ring (bicyclic) bond motifs is 1. The van der Waals surface area contributed by atoms with E-state index in [1.807, 2.05) is 78.9 Å². The Morgan fingerprint density at radius 2 is 1.45 bits per heavy atom. The molecule has 3 nitrogen and oxygen atoms in total. The number of nitrogens with zero attached hydrogens (tertiary/aromatic N) is 2. The molecule has 0 aliphatic rings. The molecule has 162 valence electrons. The molecule has 5 rings (SSSR count). The molecule has 0 aliphatic carbocycles. The van der Waals surface area contributed by atoms with Crippen LogP contribution in [0.5, 0.6) is 0 Å². The van der Waals surface area contributed by atoms with Crippen molar-refractivity contribution in [3.05, 3.63) is 119 Å². The van der Waals surface area contributed by atoms with Gasteiger partial charge >= 0.3 is 0 Å². The van der Waals surface area contributed by atoms with Gasteiger partial charge in [-0.1, -0.05) is 112 Å². The molecule has 0 saturated heterocycles. The van der Waals surface area contributed by atoms with Crippen LogP contribution in [0.1, 0.15) is 11.1 Å². The van der Waals surface area contributed by atoms with Gasteiger partial charge < -0.3 is 0 Å². The highest BCUT2D eigenvalue weighted by Crippen LogP contribution is 2.32. The highest BCUT2D eigenvalue weighted by Gasteiger charge is 2.21. The summed E-state index contributed by atoms with van der Waals surface area (Å²) >= 11 is 5.07. The van der Waals surface area contributed by atoms with Crippen LogP contribution in [0, 0.1) is 0 Å². The fourth-order valence-electron chi connectivity index (χ4n) is 3.75. The molecule has 33 heavy (non-hydrogen) atoms. The Bertz CT molecular complexity index is 1380. The number of anilines is 1. The summed E-state index contributed by atoms with van der Waals surface area (Å²) in [6.45, 7) is 0.489. The number of benzene rings is 4. The first-order chi connectivity index (χ1) is 16.2. The topological polar surface area (TPSA) is 33.2 Å².